The van der Waals surface area contributed by atoms with E-state index in [0.29, 0.717) is 0 Å². The van der Waals surface area contributed by atoms with Crippen molar-refractivity contribution in [1.29, 1.82) is 0 Å². The summed E-state index contributed by atoms with van der Waals surface area (Å²) in [6.45, 7) is 0. The van der Waals surface area contributed by atoms with Crippen molar-refractivity contribution in [2.75, 3.05) is 11.6 Å². The quantitative estimate of drug-likeness (QED) is 0.663. The number of carbonyl (C=O) groups is 1. The molecule has 19 heavy (non-hydrogen) atoms. The Bertz CT molecular complexity index is 516. The molecule has 2 rings (SSSR count). The van der Waals surface area contributed by atoms with Crippen LogP contribution in [0.25, 0.3) is 0 Å². The zero-order valence-electron chi connectivity index (χ0n) is 10.6. The molecule has 1 unspecified atom stereocenters. The second kappa shape index (κ2) is 7.26. The first-order chi connectivity index (χ1) is 9.29. The predicted octanol–water partition coefficient (Wildman–Crippen LogP) is 4.11. The van der Waals surface area contributed by atoms with E-state index in [2.05, 4.69) is 5.32 Å². The maximum absolute atomic E-state index is 12.2. The summed E-state index contributed by atoms with van der Waals surface area (Å²) in [5, 5.41) is 2.93. The molecule has 0 aromatic heterocycles. The van der Waals surface area contributed by atoms with Crippen LogP contribution in [0.5, 0.6) is 0 Å². The lowest BCUT2D eigenvalue weighted by molar-refractivity contribution is -0.114. The van der Waals surface area contributed by atoms with Gasteiger partial charge in [0.25, 0.3) is 0 Å². The molecule has 0 fully saturated rings. The summed E-state index contributed by atoms with van der Waals surface area (Å²) in [6.07, 6.45) is 1.95. The van der Waals surface area contributed by atoms with E-state index < -0.39 is 0 Å². The molecule has 0 bridgehead atoms. The van der Waals surface area contributed by atoms with Crippen molar-refractivity contribution in [2.45, 2.75) is 9.48 Å². The summed E-state index contributed by atoms with van der Waals surface area (Å²) in [6, 6.07) is 19.5. The lowest BCUT2D eigenvalue weighted by atomic mass is 10.3. The number of thioether (sulfide) groups is 2. The van der Waals surface area contributed by atoms with Crippen molar-refractivity contribution in [1.82, 2.24) is 0 Å². The molecular formula is C15H15NOS2. The van der Waals surface area contributed by atoms with Crippen LogP contribution in [0.2, 0.25) is 0 Å². The fraction of sp³-hybridized carbons (Fsp3) is 0.133. The molecule has 0 heterocycles. The number of hydrogen-bond acceptors (Lipinski definition) is 3. The third-order valence-corrected chi connectivity index (χ3v) is 4.94. The topological polar surface area (TPSA) is 29.1 Å². The van der Waals surface area contributed by atoms with Crippen molar-refractivity contribution in [3.63, 3.8) is 0 Å². The number of amides is 1. The third kappa shape index (κ3) is 4.33. The Balaban J connectivity index is 2.00. The molecule has 2 aromatic carbocycles. The van der Waals surface area contributed by atoms with E-state index in [0.717, 1.165) is 10.6 Å². The standard InChI is InChI=1S/C15H15NOS2/c1-18-15(19-13-10-6-3-7-11-13)14(17)16-12-8-4-2-5-9-12/h2-11,15H,1H3,(H,16,17). The largest absolute Gasteiger partial charge is 0.324 e. The highest BCUT2D eigenvalue weighted by Crippen LogP contribution is 2.30. The number of nitrogens with one attached hydrogen (secondary N) is 1. The van der Waals surface area contributed by atoms with E-state index in [1.54, 1.807) is 23.5 Å². The minimum absolute atomic E-state index is 0.0209. The maximum atomic E-state index is 12.2. The molecule has 0 aliphatic rings. The second-order valence-corrected chi connectivity index (χ2v) is 6.27. The van der Waals surface area contributed by atoms with Gasteiger partial charge in [-0.05, 0) is 30.5 Å². The van der Waals surface area contributed by atoms with Gasteiger partial charge in [0.2, 0.25) is 5.91 Å². The number of carbonyl (C=O) groups excluding carboxylic acids is 1. The van der Waals surface area contributed by atoms with Crippen LogP contribution in [0, 0.1) is 0 Å². The van der Waals surface area contributed by atoms with Gasteiger partial charge in [0, 0.05) is 10.6 Å². The molecule has 1 amide bonds. The van der Waals surface area contributed by atoms with Crippen LogP contribution >= 0.6 is 23.5 Å². The third-order valence-electron chi connectivity index (χ3n) is 2.46. The first-order valence-electron chi connectivity index (χ1n) is 5.90. The van der Waals surface area contributed by atoms with E-state index in [9.17, 15) is 4.79 Å². The lowest BCUT2D eigenvalue weighted by Crippen LogP contribution is -2.22. The van der Waals surface area contributed by atoms with Crippen LogP contribution in [-0.4, -0.2) is 16.7 Å². The van der Waals surface area contributed by atoms with Crippen LogP contribution < -0.4 is 5.32 Å². The molecule has 0 aliphatic heterocycles. The van der Waals surface area contributed by atoms with Crippen molar-refractivity contribution >= 4 is 35.1 Å². The second-order valence-electron chi connectivity index (χ2n) is 3.85. The van der Waals surface area contributed by atoms with Gasteiger partial charge in [-0.15, -0.1) is 23.5 Å². The van der Waals surface area contributed by atoms with Crippen LogP contribution in [0.4, 0.5) is 5.69 Å². The van der Waals surface area contributed by atoms with Crippen LogP contribution in [0.3, 0.4) is 0 Å². The van der Waals surface area contributed by atoms with Gasteiger partial charge >= 0.3 is 0 Å². The number of anilines is 1. The Morgan fingerprint density at radius 1 is 1.00 bits per heavy atom. The molecule has 4 heteroatoms. The highest BCUT2D eigenvalue weighted by Gasteiger charge is 2.18. The van der Waals surface area contributed by atoms with E-state index >= 15 is 0 Å². The molecule has 0 radical (unpaired) electrons. The predicted molar refractivity (Wildman–Crippen MR) is 84.7 cm³/mol. The fourth-order valence-corrected chi connectivity index (χ4v) is 3.27. The number of hydrogen-bond donors (Lipinski definition) is 1. The van der Waals surface area contributed by atoms with Crippen molar-refractivity contribution in [2.24, 2.45) is 0 Å². The van der Waals surface area contributed by atoms with Crippen LogP contribution in [0.15, 0.2) is 65.6 Å². The van der Waals surface area contributed by atoms with E-state index in [1.807, 2.05) is 66.9 Å². The van der Waals surface area contributed by atoms with Gasteiger partial charge in [-0.1, -0.05) is 36.4 Å². The highest BCUT2D eigenvalue weighted by atomic mass is 32.2. The Morgan fingerprint density at radius 3 is 2.16 bits per heavy atom. The summed E-state index contributed by atoms with van der Waals surface area (Å²) < 4.78 is -0.150. The molecule has 2 aromatic rings. The minimum atomic E-state index is -0.150. The van der Waals surface area contributed by atoms with Gasteiger partial charge < -0.3 is 5.32 Å². The zero-order chi connectivity index (χ0) is 13.5. The van der Waals surface area contributed by atoms with Crippen LogP contribution in [-0.2, 0) is 4.79 Å². The van der Waals surface area contributed by atoms with Gasteiger partial charge in [0.1, 0.15) is 4.58 Å². The molecule has 0 spiro atoms. The monoisotopic (exact) mass is 289 g/mol. The molecule has 98 valence electrons. The summed E-state index contributed by atoms with van der Waals surface area (Å²) in [5.41, 5.74) is 0.834. The van der Waals surface area contributed by atoms with E-state index in [4.69, 9.17) is 0 Å². The average Bonchev–Trinajstić information content (AvgIpc) is 2.47. The van der Waals surface area contributed by atoms with Gasteiger partial charge in [-0.3, -0.25) is 4.79 Å². The molecule has 0 aliphatic carbocycles. The number of rotatable bonds is 5. The number of para-hydroxylation sites is 1. The van der Waals surface area contributed by atoms with Crippen molar-refractivity contribution in [3.05, 3.63) is 60.7 Å². The summed E-state index contributed by atoms with van der Waals surface area (Å²) in [7, 11) is 0. The molecule has 1 N–H and O–H groups in total. The first-order valence-corrected chi connectivity index (χ1v) is 8.07. The van der Waals surface area contributed by atoms with Crippen molar-refractivity contribution < 1.29 is 4.79 Å². The van der Waals surface area contributed by atoms with E-state index in [1.165, 1.54) is 0 Å². The van der Waals surface area contributed by atoms with Gasteiger partial charge in [-0.2, -0.15) is 0 Å². The Kier molecular flexibility index (Phi) is 5.36. The first kappa shape index (κ1) is 14.0. The Labute approximate surface area is 122 Å². The summed E-state index contributed by atoms with van der Waals surface area (Å²) >= 11 is 3.11. The van der Waals surface area contributed by atoms with E-state index in [-0.39, 0.29) is 10.5 Å². The normalized spacial score (nSPS) is 11.8. The van der Waals surface area contributed by atoms with Crippen molar-refractivity contribution in [3.8, 4) is 0 Å². The van der Waals surface area contributed by atoms with Gasteiger partial charge in [-0.25, -0.2) is 0 Å². The lowest BCUT2D eigenvalue weighted by Gasteiger charge is -2.14. The summed E-state index contributed by atoms with van der Waals surface area (Å²) in [4.78, 5) is 13.3. The molecular weight excluding hydrogens is 274 g/mol. The smallest absolute Gasteiger partial charge is 0.248 e. The van der Waals surface area contributed by atoms with Gasteiger partial charge in [0.15, 0.2) is 0 Å². The SMILES string of the molecule is CSC(Sc1ccccc1)C(=O)Nc1ccccc1. The fourth-order valence-electron chi connectivity index (χ4n) is 1.55. The Morgan fingerprint density at radius 2 is 1.58 bits per heavy atom. The highest BCUT2D eigenvalue weighted by molar-refractivity contribution is 8.17. The Hall–Kier alpha value is -1.39. The average molecular weight is 289 g/mol. The number of benzene rings is 2. The minimum Gasteiger partial charge on any atom is -0.324 e. The molecule has 0 saturated heterocycles. The molecule has 1 atom stereocenters. The van der Waals surface area contributed by atoms with Crippen LogP contribution in [0.1, 0.15) is 0 Å². The summed E-state index contributed by atoms with van der Waals surface area (Å²) in [5.74, 6) is 0.0209. The zero-order valence-corrected chi connectivity index (χ0v) is 12.2. The molecule has 0 saturated carbocycles. The molecule has 2 nitrogen and oxygen atoms in total. The van der Waals surface area contributed by atoms with Gasteiger partial charge in [0.05, 0.1) is 0 Å². The maximum Gasteiger partial charge on any atom is 0.248 e.